The number of aryl methyl sites for hydroxylation is 1. The molecule has 118 valence electrons. The van der Waals surface area contributed by atoms with Crippen LogP contribution in [0.1, 0.15) is 12.5 Å². The number of hydrogen-bond donors (Lipinski definition) is 0. The maximum absolute atomic E-state index is 13.6. The van der Waals surface area contributed by atoms with Crippen LogP contribution in [-0.2, 0) is 10.0 Å². The molecule has 0 saturated carbocycles. The number of sulfonamides is 1. The lowest BCUT2D eigenvalue weighted by atomic mass is 10.2. The summed E-state index contributed by atoms with van der Waals surface area (Å²) in [5, 5.41) is 10.8. The monoisotopic (exact) mass is 336 g/mol. The van der Waals surface area contributed by atoms with Crippen LogP contribution in [0.25, 0.3) is 0 Å². The summed E-state index contributed by atoms with van der Waals surface area (Å²) in [4.78, 5) is 9.61. The first-order chi connectivity index (χ1) is 9.62. The lowest BCUT2D eigenvalue weighted by Gasteiger charge is -2.23. The fraction of sp³-hybridized carbons (Fsp3) is 0.500. The van der Waals surface area contributed by atoms with Crippen molar-refractivity contribution in [3.63, 3.8) is 0 Å². The zero-order chi connectivity index (χ0) is 16.4. The molecule has 21 heavy (non-hydrogen) atoms. The molecule has 9 heteroatoms. The molecule has 0 bridgehead atoms. The van der Waals surface area contributed by atoms with E-state index in [0.717, 1.165) is 16.4 Å². The van der Waals surface area contributed by atoms with Gasteiger partial charge in [0.1, 0.15) is 0 Å². The summed E-state index contributed by atoms with van der Waals surface area (Å²) in [6.07, 6.45) is 1.85. The number of nitro groups is 1. The van der Waals surface area contributed by atoms with Gasteiger partial charge in [-0.2, -0.15) is 20.5 Å². The third kappa shape index (κ3) is 3.72. The number of nitro benzene ring substituents is 1. The molecule has 0 fully saturated rings. The van der Waals surface area contributed by atoms with E-state index < -0.39 is 26.5 Å². The number of thioether (sulfide) groups is 1. The zero-order valence-corrected chi connectivity index (χ0v) is 13.8. The molecular weight excluding hydrogens is 319 g/mol. The van der Waals surface area contributed by atoms with Crippen LogP contribution in [0, 0.1) is 22.9 Å². The normalized spacial score (nSPS) is 13.4. The van der Waals surface area contributed by atoms with E-state index in [1.54, 1.807) is 6.92 Å². The molecule has 0 saturated heterocycles. The fourth-order valence-corrected chi connectivity index (χ4v) is 4.02. The molecule has 0 N–H and O–H groups in total. The molecule has 0 spiro atoms. The van der Waals surface area contributed by atoms with Crippen LogP contribution in [0.4, 0.5) is 10.1 Å². The summed E-state index contributed by atoms with van der Waals surface area (Å²) in [5.74, 6) is -0.434. The highest BCUT2D eigenvalue weighted by Gasteiger charge is 2.29. The van der Waals surface area contributed by atoms with Gasteiger partial charge in [-0.3, -0.25) is 10.1 Å². The predicted octanol–water partition coefficient (Wildman–Crippen LogP) is 2.41. The van der Waals surface area contributed by atoms with Gasteiger partial charge in [0, 0.05) is 24.9 Å². The minimum Gasteiger partial charge on any atom is -0.258 e. The molecule has 0 aliphatic heterocycles. The van der Waals surface area contributed by atoms with E-state index >= 15 is 0 Å². The SMILES string of the molecule is CSCC(C)N(C)S(=O)(=O)c1cc(C)c(F)c([N+](=O)[O-])c1. The first kappa shape index (κ1) is 17.9. The molecule has 0 aromatic heterocycles. The van der Waals surface area contributed by atoms with Crippen molar-refractivity contribution in [1.29, 1.82) is 0 Å². The van der Waals surface area contributed by atoms with Crippen LogP contribution < -0.4 is 0 Å². The number of rotatable bonds is 6. The van der Waals surface area contributed by atoms with E-state index in [-0.39, 0.29) is 16.5 Å². The summed E-state index contributed by atoms with van der Waals surface area (Å²) in [5.41, 5.74) is -0.909. The summed E-state index contributed by atoms with van der Waals surface area (Å²) in [7, 11) is -2.50. The quantitative estimate of drug-likeness (QED) is 0.589. The molecule has 6 nitrogen and oxygen atoms in total. The fourth-order valence-electron chi connectivity index (χ4n) is 1.75. The molecule has 0 radical (unpaired) electrons. The second kappa shape index (κ2) is 6.71. The Balaban J connectivity index is 3.36. The largest absolute Gasteiger partial charge is 0.306 e. The first-order valence-electron chi connectivity index (χ1n) is 6.04. The van der Waals surface area contributed by atoms with Crippen molar-refractivity contribution >= 4 is 27.5 Å². The average molecular weight is 336 g/mol. The molecule has 0 aliphatic carbocycles. The number of nitrogens with zero attached hydrogens (tertiary/aromatic N) is 2. The Morgan fingerprint density at radius 2 is 2.05 bits per heavy atom. The Bertz CT molecular complexity index is 649. The van der Waals surface area contributed by atoms with Gasteiger partial charge in [0.2, 0.25) is 15.8 Å². The summed E-state index contributed by atoms with van der Waals surface area (Å²) in [6.45, 7) is 3.03. The van der Waals surface area contributed by atoms with E-state index in [1.807, 2.05) is 6.26 Å². The molecule has 1 atom stereocenters. The highest BCUT2D eigenvalue weighted by molar-refractivity contribution is 7.98. The van der Waals surface area contributed by atoms with Gasteiger partial charge in [0.25, 0.3) is 0 Å². The number of hydrogen-bond acceptors (Lipinski definition) is 5. The van der Waals surface area contributed by atoms with Crippen LogP contribution in [0.2, 0.25) is 0 Å². The summed E-state index contributed by atoms with van der Waals surface area (Å²) < 4.78 is 39.7. The van der Waals surface area contributed by atoms with E-state index in [0.29, 0.717) is 5.75 Å². The molecule has 1 rings (SSSR count). The standard InChI is InChI=1S/C12H17FN2O4S2/c1-8-5-10(6-11(12(8)13)15(16)17)21(18,19)14(3)9(2)7-20-4/h5-6,9H,7H2,1-4H3. The molecule has 0 heterocycles. The molecule has 1 unspecified atom stereocenters. The number of halogens is 1. The topological polar surface area (TPSA) is 80.5 Å². The Morgan fingerprint density at radius 1 is 1.48 bits per heavy atom. The average Bonchev–Trinajstić information content (AvgIpc) is 2.40. The van der Waals surface area contributed by atoms with Crippen molar-refractivity contribution in [3.8, 4) is 0 Å². The first-order valence-corrected chi connectivity index (χ1v) is 8.87. The molecule has 1 aromatic carbocycles. The minimum absolute atomic E-state index is 0.0753. The van der Waals surface area contributed by atoms with Crippen LogP contribution in [0.5, 0.6) is 0 Å². The van der Waals surface area contributed by atoms with Crippen molar-refractivity contribution in [2.24, 2.45) is 0 Å². The highest BCUT2D eigenvalue weighted by Crippen LogP contribution is 2.27. The third-order valence-electron chi connectivity index (χ3n) is 3.11. The van der Waals surface area contributed by atoms with Crippen LogP contribution in [-0.4, -0.2) is 42.7 Å². The molecule has 0 amide bonds. The highest BCUT2D eigenvalue weighted by atomic mass is 32.2. The van der Waals surface area contributed by atoms with Gasteiger partial charge >= 0.3 is 5.69 Å². The second-order valence-corrected chi connectivity index (χ2v) is 7.56. The minimum atomic E-state index is -3.91. The van der Waals surface area contributed by atoms with Crippen molar-refractivity contribution in [2.45, 2.75) is 24.8 Å². The van der Waals surface area contributed by atoms with Gasteiger partial charge in [-0.25, -0.2) is 8.42 Å². The summed E-state index contributed by atoms with van der Waals surface area (Å²) >= 11 is 1.49. The van der Waals surface area contributed by atoms with Gasteiger partial charge in [0.15, 0.2) is 0 Å². The van der Waals surface area contributed by atoms with Gasteiger partial charge in [-0.05, 0) is 31.7 Å². The maximum Gasteiger partial charge on any atom is 0.306 e. The van der Waals surface area contributed by atoms with Gasteiger partial charge in [-0.1, -0.05) is 0 Å². The Kier molecular flexibility index (Phi) is 5.71. The smallest absolute Gasteiger partial charge is 0.258 e. The third-order valence-corrected chi connectivity index (χ3v) is 5.88. The molecule has 1 aromatic rings. The maximum atomic E-state index is 13.6. The second-order valence-electron chi connectivity index (χ2n) is 4.66. The van der Waals surface area contributed by atoms with E-state index in [4.69, 9.17) is 0 Å². The number of benzene rings is 1. The van der Waals surface area contributed by atoms with Crippen LogP contribution in [0.3, 0.4) is 0 Å². The molecule has 0 aliphatic rings. The van der Waals surface area contributed by atoms with Gasteiger partial charge in [-0.15, -0.1) is 0 Å². The van der Waals surface area contributed by atoms with Gasteiger partial charge in [0.05, 0.1) is 9.82 Å². The van der Waals surface area contributed by atoms with E-state index in [1.165, 1.54) is 25.7 Å². The van der Waals surface area contributed by atoms with E-state index in [9.17, 15) is 22.9 Å². The van der Waals surface area contributed by atoms with Crippen molar-refractivity contribution < 1.29 is 17.7 Å². The lowest BCUT2D eigenvalue weighted by molar-refractivity contribution is -0.387. The zero-order valence-electron chi connectivity index (χ0n) is 12.2. The van der Waals surface area contributed by atoms with E-state index in [2.05, 4.69) is 0 Å². The Morgan fingerprint density at radius 3 is 2.52 bits per heavy atom. The Hall–Kier alpha value is -1.19. The van der Waals surface area contributed by atoms with Crippen molar-refractivity contribution in [1.82, 2.24) is 4.31 Å². The van der Waals surface area contributed by atoms with Crippen LogP contribution in [0.15, 0.2) is 17.0 Å². The predicted molar refractivity (Wildman–Crippen MR) is 80.6 cm³/mol. The summed E-state index contributed by atoms with van der Waals surface area (Å²) in [6, 6.07) is 1.59. The van der Waals surface area contributed by atoms with Crippen molar-refractivity contribution in [2.75, 3.05) is 19.1 Å². The van der Waals surface area contributed by atoms with Crippen molar-refractivity contribution in [3.05, 3.63) is 33.6 Å². The lowest BCUT2D eigenvalue weighted by Crippen LogP contribution is -2.36. The Labute approximate surface area is 127 Å². The van der Waals surface area contributed by atoms with Gasteiger partial charge < -0.3 is 0 Å². The van der Waals surface area contributed by atoms with Crippen LogP contribution >= 0.6 is 11.8 Å². The molecular formula is C12H17FN2O4S2.